The Balaban J connectivity index is 2.49. The van der Waals surface area contributed by atoms with Crippen LogP contribution in [-0.2, 0) is 0 Å². The molecule has 1 heterocycles. The fourth-order valence-electron chi connectivity index (χ4n) is 0.753. The Kier molecular flexibility index (Phi) is 2.37. The fourth-order valence-corrected chi connectivity index (χ4v) is 0.753. The highest BCUT2D eigenvalue weighted by Gasteiger charge is 2.06. The van der Waals surface area contributed by atoms with Crippen LogP contribution in [0.1, 0.15) is 13.8 Å². The van der Waals surface area contributed by atoms with Gasteiger partial charge < -0.3 is 0 Å². The quantitative estimate of drug-likeness (QED) is 0.457. The molecule has 0 bridgehead atoms. The van der Waals surface area contributed by atoms with E-state index in [0.29, 0.717) is 11.9 Å². The molecular formula is C5H12N6. The molecule has 0 radical (unpaired) electrons. The van der Waals surface area contributed by atoms with E-state index in [1.807, 2.05) is 0 Å². The molecule has 0 fully saturated rings. The summed E-state index contributed by atoms with van der Waals surface area (Å²) in [4.78, 5) is 0. The van der Waals surface area contributed by atoms with Gasteiger partial charge in [0.2, 0.25) is 0 Å². The van der Waals surface area contributed by atoms with Gasteiger partial charge >= 0.3 is 0 Å². The van der Waals surface area contributed by atoms with Gasteiger partial charge in [-0.3, -0.25) is 5.01 Å². The van der Waals surface area contributed by atoms with E-state index >= 15 is 0 Å². The number of anilines is 1. The lowest BCUT2D eigenvalue weighted by Gasteiger charge is -2.15. The summed E-state index contributed by atoms with van der Waals surface area (Å²) >= 11 is 0. The van der Waals surface area contributed by atoms with E-state index in [2.05, 4.69) is 34.5 Å². The zero-order valence-electron chi connectivity index (χ0n) is 6.65. The lowest BCUT2D eigenvalue weighted by Crippen LogP contribution is -2.35. The summed E-state index contributed by atoms with van der Waals surface area (Å²) in [6, 6.07) is 0. The third-order valence-electron chi connectivity index (χ3n) is 1.15. The maximum atomic E-state index is 5.59. The molecule has 11 heavy (non-hydrogen) atoms. The van der Waals surface area contributed by atoms with Crippen LogP contribution in [0.4, 0.5) is 5.95 Å². The maximum absolute atomic E-state index is 5.59. The van der Waals surface area contributed by atoms with E-state index in [9.17, 15) is 0 Å². The number of aromatic amines is 1. The predicted molar refractivity (Wildman–Crippen MR) is 40.5 cm³/mol. The first-order valence-corrected chi connectivity index (χ1v) is 3.46. The van der Waals surface area contributed by atoms with Crippen molar-refractivity contribution in [2.75, 3.05) is 11.6 Å². The molecular weight excluding hydrogens is 144 g/mol. The SMILES string of the molecule is CC(C)CN(N)c1nn[nH]n1. The smallest absolute Gasteiger partial charge is 0.276 e. The van der Waals surface area contributed by atoms with Crippen LogP contribution in [0.5, 0.6) is 0 Å². The Morgan fingerprint density at radius 3 is 2.82 bits per heavy atom. The van der Waals surface area contributed by atoms with E-state index in [1.165, 1.54) is 5.01 Å². The van der Waals surface area contributed by atoms with Crippen LogP contribution in [0.2, 0.25) is 0 Å². The number of aromatic nitrogens is 4. The molecule has 1 aromatic rings. The highest BCUT2D eigenvalue weighted by Crippen LogP contribution is 2.00. The summed E-state index contributed by atoms with van der Waals surface area (Å²) < 4.78 is 0. The topological polar surface area (TPSA) is 83.7 Å². The van der Waals surface area contributed by atoms with Gasteiger partial charge in [0.25, 0.3) is 5.95 Å². The third kappa shape index (κ3) is 2.15. The highest BCUT2D eigenvalue weighted by molar-refractivity contribution is 5.21. The standard InChI is InChI=1S/C5H12N6/c1-4(2)3-11(6)5-7-9-10-8-5/h4H,3,6H2,1-2H3,(H,7,8,9,10). The molecule has 1 rings (SSSR count). The van der Waals surface area contributed by atoms with Crippen LogP contribution < -0.4 is 10.9 Å². The van der Waals surface area contributed by atoms with Gasteiger partial charge in [-0.25, -0.2) is 5.84 Å². The van der Waals surface area contributed by atoms with Crippen molar-refractivity contribution < 1.29 is 0 Å². The van der Waals surface area contributed by atoms with Crippen molar-refractivity contribution in [2.24, 2.45) is 11.8 Å². The lowest BCUT2D eigenvalue weighted by atomic mass is 10.2. The molecule has 3 N–H and O–H groups in total. The van der Waals surface area contributed by atoms with Crippen LogP contribution in [-0.4, -0.2) is 27.2 Å². The number of hydrogen-bond donors (Lipinski definition) is 2. The van der Waals surface area contributed by atoms with Crippen molar-refractivity contribution >= 4 is 5.95 Å². The summed E-state index contributed by atoms with van der Waals surface area (Å²) in [6.45, 7) is 4.86. The number of hydrazine groups is 1. The van der Waals surface area contributed by atoms with Crippen LogP contribution in [0.3, 0.4) is 0 Å². The van der Waals surface area contributed by atoms with Crippen LogP contribution in [0.15, 0.2) is 0 Å². The Morgan fingerprint density at radius 2 is 2.36 bits per heavy atom. The van der Waals surface area contributed by atoms with E-state index in [1.54, 1.807) is 0 Å². The minimum absolute atomic E-state index is 0.429. The summed E-state index contributed by atoms with van der Waals surface area (Å²) in [5, 5.41) is 14.6. The van der Waals surface area contributed by atoms with Crippen LogP contribution in [0.25, 0.3) is 0 Å². The Morgan fingerprint density at radius 1 is 1.64 bits per heavy atom. The lowest BCUT2D eigenvalue weighted by molar-refractivity contribution is 0.611. The number of nitrogens with two attached hydrogens (primary N) is 1. The molecule has 0 aliphatic heterocycles. The first kappa shape index (κ1) is 7.93. The number of tetrazole rings is 1. The molecule has 0 amide bonds. The van der Waals surface area contributed by atoms with Gasteiger partial charge in [0.1, 0.15) is 0 Å². The summed E-state index contributed by atoms with van der Waals surface area (Å²) in [7, 11) is 0. The van der Waals surface area contributed by atoms with Crippen molar-refractivity contribution in [3.63, 3.8) is 0 Å². The number of nitrogens with one attached hydrogen (secondary N) is 1. The van der Waals surface area contributed by atoms with Crippen molar-refractivity contribution in [3.05, 3.63) is 0 Å². The normalized spacial score (nSPS) is 10.5. The zero-order valence-corrected chi connectivity index (χ0v) is 6.65. The molecule has 62 valence electrons. The van der Waals surface area contributed by atoms with Gasteiger partial charge in [-0.2, -0.15) is 5.21 Å². The van der Waals surface area contributed by atoms with Crippen molar-refractivity contribution in [3.8, 4) is 0 Å². The average Bonchev–Trinajstić information content (AvgIpc) is 2.35. The maximum Gasteiger partial charge on any atom is 0.279 e. The molecule has 0 saturated heterocycles. The molecule has 0 unspecified atom stereocenters. The Hall–Kier alpha value is -1.17. The highest BCUT2D eigenvalue weighted by atomic mass is 15.6. The first-order valence-electron chi connectivity index (χ1n) is 3.46. The average molecular weight is 156 g/mol. The van der Waals surface area contributed by atoms with Gasteiger partial charge in [-0.15, -0.1) is 5.10 Å². The molecule has 0 aromatic carbocycles. The van der Waals surface area contributed by atoms with Gasteiger partial charge in [-0.05, 0) is 11.1 Å². The summed E-state index contributed by atoms with van der Waals surface area (Å²) in [6.07, 6.45) is 0. The molecule has 0 saturated carbocycles. The molecule has 0 aliphatic rings. The first-order chi connectivity index (χ1) is 5.20. The van der Waals surface area contributed by atoms with E-state index in [0.717, 1.165) is 6.54 Å². The van der Waals surface area contributed by atoms with Crippen molar-refractivity contribution in [1.82, 2.24) is 20.6 Å². The van der Waals surface area contributed by atoms with Gasteiger partial charge in [0, 0.05) is 6.54 Å². The van der Waals surface area contributed by atoms with Crippen LogP contribution in [0, 0.1) is 5.92 Å². The summed E-state index contributed by atoms with van der Waals surface area (Å²) in [5.74, 6) is 6.50. The Bertz CT molecular complexity index is 193. The molecule has 6 nitrogen and oxygen atoms in total. The van der Waals surface area contributed by atoms with Gasteiger partial charge in [0.05, 0.1) is 0 Å². The minimum Gasteiger partial charge on any atom is -0.276 e. The van der Waals surface area contributed by atoms with E-state index in [4.69, 9.17) is 5.84 Å². The molecule has 0 aliphatic carbocycles. The van der Waals surface area contributed by atoms with Gasteiger partial charge in [-0.1, -0.05) is 18.9 Å². The molecule has 0 spiro atoms. The largest absolute Gasteiger partial charge is 0.279 e. The monoisotopic (exact) mass is 156 g/mol. The second-order valence-electron chi connectivity index (χ2n) is 2.76. The predicted octanol–water partition coefficient (Wildman–Crippen LogP) is -0.464. The van der Waals surface area contributed by atoms with Gasteiger partial charge in [0.15, 0.2) is 0 Å². The van der Waals surface area contributed by atoms with Crippen molar-refractivity contribution in [2.45, 2.75) is 13.8 Å². The number of nitrogens with zero attached hydrogens (tertiary/aromatic N) is 4. The zero-order chi connectivity index (χ0) is 8.27. The second-order valence-corrected chi connectivity index (χ2v) is 2.76. The summed E-state index contributed by atoms with van der Waals surface area (Å²) in [5.41, 5.74) is 0. The Labute approximate surface area is 64.7 Å². The number of H-pyrrole nitrogens is 1. The third-order valence-corrected chi connectivity index (χ3v) is 1.15. The van der Waals surface area contributed by atoms with E-state index < -0.39 is 0 Å². The van der Waals surface area contributed by atoms with Crippen LogP contribution >= 0.6 is 0 Å². The van der Waals surface area contributed by atoms with E-state index in [-0.39, 0.29) is 0 Å². The second kappa shape index (κ2) is 3.29. The molecule has 0 atom stereocenters. The van der Waals surface area contributed by atoms with Crippen molar-refractivity contribution in [1.29, 1.82) is 0 Å². The fraction of sp³-hybridized carbons (Fsp3) is 0.800. The number of hydrogen-bond acceptors (Lipinski definition) is 5. The molecule has 6 heteroatoms. The minimum atomic E-state index is 0.429. The number of rotatable bonds is 3. The molecule has 1 aromatic heterocycles.